The number of nitrogens with one attached hydrogen (secondary N) is 1. The first kappa shape index (κ1) is 21.4. The van der Waals surface area contributed by atoms with Gasteiger partial charge in [-0.15, -0.1) is 0 Å². The van der Waals surface area contributed by atoms with E-state index in [1.54, 1.807) is 12.1 Å². The lowest BCUT2D eigenvalue weighted by molar-refractivity contribution is -0.116. The maximum Gasteiger partial charge on any atom is 0.240 e. The highest BCUT2D eigenvalue weighted by Gasteiger charge is 2.54. The molecule has 3 N–H and O–H groups in total. The molecule has 0 saturated carbocycles. The van der Waals surface area contributed by atoms with E-state index in [0.29, 0.717) is 22.6 Å². The van der Waals surface area contributed by atoms with Crippen molar-refractivity contribution in [3.8, 4) is 0 Å². The van der Waals surface area contributed by atoms with Gasteiger partial charge in [0.1, 0.15) is 23.8 Å². The van der Waals surface area contributed by atoms with E-state index in [1.165, 1.54) is 26.5 Å². The van der Waals surface area contributed by atoms with Gasteiger partial charge in [-0.3, -0.25) is 0 Å². The second kappa shape index (κ2) is 7.99. The number of pyridine rings is 1. The van der Waals surface area contributed by atoms with Gasteiger partial charge in [-0.1, -0.05) is 12.1 Å². The third kappa shape index (κ3) is 3.26. The predicted molar refractivity (Wildman–Crippen MR) is 115 cm³/mol. The molecule has 2 heterocycles. The number of rotatable bonds is 6. The Morgan fingerprint density at radius 1 is 1.28 bits per heavy atom. The van der Waals surface area contributed by atoms with Gasteiger partial charge in [0.2, 0.25) is 5.67 Å². The molecular formula is C23H21F2N3O4. The minimum absolute atomic E-state index is 0.166. The monoisotopic (exact) mass is 441 g/mol. The maximum absolute atomic E-state index is 16.3. The maximum atomic E-state index is 16.3. The number of allylic oxidation sites excluding steroid dienone is 3. The topological polar surface area (TPSA) is 99.6 Å². The van der Waals surface area contributed by atoms with E-state index in [4.69, 9.17) is 19.6 Å². The van der Waals surface area contributed by atoms with Crippen LogP contribution in [-0.4, -0.2) is 25.5 Å². The molecule has 1 aromatic carbocycles. The van der Waals surface area contributed by atoms with Crippen LogP contribution in [-0.2, 0) is 19.9 Å². The number of hydrogen-bond donors (Lipinski definition) is 2. The van der Waals surface area contributed by atoms with Crippen molar-refractivity contribution in [2.45, 2.75) is 12.6 Å². The van der Waals surface area contributed by atoms with Crippen molar-refractivity contribution in [3.63, 3.8) is 0 Å². The molecule has 3 aromatic rings. The number of nitrogens with two attached hydrogens (primary N) is 1. The van der Waals surface area contributed by atoms with Crippen molar-refractivity contribution in [2.24, 2.45) is 5.92 Å². The Bertz CT molecular complexity index is 1250. The number of methoxy groups -OCH3 is 2. The van der Waals surface area contributed by atoms with Crippen LogP contribution in [0.1, 0.15) is 11.3 Å². The van der Waals surface area contributed by atoms with Crippen LogP contribution in [0.4, 0.5) is 26.0 Å². The lowest BCUT2D eigenvalue weighted by Crippen LogP contribution is -2.37. The summed E-state index contributed by atoms with van der Waals surface area (Å²) in [6.07, 6.45) is 2.63. The number of alkyl halides is 1. The van der Waals surface area contributed by atoms with Gasteiger partial charge in [0.05, 0.1) is 31.8 Å². The van der Waals surface area contributed by atoms with Gasteiger partial charge >= 0.3 is 0 Å². The number of fused-ring (bicyclic) bond motifs is 1. The summed E-state index contributed by atoms with van der Waals surface area (Å²) < 4.78 is 46.7. The number of benzene rings is 1. The highest BCUT2D eigenvalue weighted by Crippen LogP contribution is 2.49. The first-order valence-corrected chi connectivity index (χ1v) is 9.69. The summed E-state index contributed by atoms with van der Waals surface area (Å²) >= 11 is 0. The van der Waals surface area contributed by atoms with Crippen LogP contribution in [0.3, 0.4) is 0 Å². The number of carbonyl (C=O) groups excluding carboxylic acids is 1. The molecule has 0 radical (unpaired) electrons. The average Bonchev–Trinajstić information content (AvgIpc) is 3.21. The van der Waals surface area contributed by atoms with Gasteiger partial charge in [-0.2, -0.15) is 0 Å². The highest BCUT2D eigenvalue weighted by atomic mass is 19.2. The number of hydrogen-bond acceptors (Lipinski definition) is 7. The smallest absolute Gasteiger partial charge is 0.240 e. The Kier molecular flexibility index (Phi) is 5.33. The van der Waals surface area contributed by atoms with Crippen molar-refractivity contribution in [1.29, 1.82) is 0 Å². The predicted octanol–water partition coefficient (Wildman–Crippen LogP) is 4.81. The second-order valence-electron chi connectivity index (χ2n) is 7.34. The van der Waals surface area contributed by atoms with Crippen LogP contribution in [0, 0.1) is 12.8 Å². The number of furan rings is 1. The molecule has 0 amide bonds. The Morgan fingerprint density at radius 2 is 2.06 bits per heavy atom. The molecule has 0 saturated heterocycles. The number of carbonyl (C=O) groups is 1. The Balaban J connectivity index is 1.78. The van der Waals surface area contributed by atoms with Gasteiger partial charge in [0, 0.05) is 11.5 Å². The fourth-order valence-corrected chi connectivity index (χ4v) is 3.75. The van der Waals surface area contributed by atoms with E-state index in [1.807, 2.05) is 19.1 Å². The zero-order valence-corrected chi connectivity index (χ0v) is 17.6. The number of nitrogen functional groups attached to an aromatic ring is 1. The molecule has 0 bridgehead atoms. The van der Waals surface area contributed by atoms with Crippen molar-refractivity contribution in [1.82, 2.24) is 4.98 Å². The quantitative estimate of drug-likeness (QED) is 0.418. The number of aryl methyl sites for hydroxylation is 1. The van der Waals surface area contributed by atoms with Crippen molar-refractivity contribution >= 4 is 34.4 Å². The standard InChI is InChI=1S/C23H21F2N3O4/c1-12-5-4-6-15(26)22(12)28-20-8-13-7-19(32-17(13)10-27-20)23(25)14(11-29)21(24)16(30-2)9-18(23)31-3/h4-11,14H,26H2,1-3H3,(H,27,28). The summed E-state index contributed by atoms with van der Waals surface area (Å²) in [5, 5.41) is 3.63. The average molecular weight is 441 g/mol. The summed E-state index contributed by atoms with van der Waals surface area (Å²) in [7, 11) is 2.44. The van der Waals surface area contributed by atoms with Gasteiger partial charge in [-0.05, 0) is 30.7 Å². The van der Waals surface area contributed by atoms with E-state index >= 15 is 4.39 Å². The summed E-state index contributed by atoms with van der Waals surface area (Å²) in [6.45, 7) is 1.90. The van der Waals surface area contributed by atoms with Crippen molar-refractivity contribution in [3.05, 3.63) is 71.3 Å². The van der Waals surface area contributed by atoms with Crippen LogP contribution in [0.25, 0.3) is 11.0 Å². The van der Waals surface area contributed by atoms with Crippen molar-refractivity contribution in [2.75, 3.05) is 25.3 Å². The Labute approximate surface area is 182 Å². The normalized spacial score (nSPS) is 20.8. The SMILES string of the molecule is COC1=CC(OC)=C(F)C(C=O)C1(F)c1cc2cc(Nc3c(C)cccc3N)ncc2o1. The molecular weight excluding hydrogens is 420 g/mol. The molecule has 7 nitrogen and oxygen atoms in total. The zero-order valence-electron chi connectivity index (χ0n) is 17.6. The minimum atomic E-state index is -2.70. The minimum Gasteiger partial charge on any atom is -0.497 e. The number of ether oxygens (including phenoxy) is 2. The summed E-state index contributed by atoms with van der Waals surface area (Å²) in [6, 6.07) is 8.52. The molecule has 2 atom stereocenters. The first-order valence-electron chi connectivity index (χ1n) is 9.69. The largest absolute Gasteiger partial charge is 0.497 e. The summed E-state index contributed by atoms with van der Waals surface area (Å²) in [4.78, 5) is 16.0. The number of aromatic nitrogens is 1. The fourth-order valence-electron chi connectivity index (χ4n) is 3.75. The molecule has 2 aromatic heterocycles. The van der Waals surface area contributed by atoms with Crippen LogP contribution < -0.4 is 11.1 Å². The second-order valence-corrected chi connectivity index (χ2v) is 7.34. The Morgan fingerprint density at radius 3 is 2.72 bits per heavy atom. The van der Waals surface area contributed by atoms with E-state index in [9.17, 15) is 9.18 Å². The van der Waals surface area contributed by atoms with Gasteiger partial charge in [-0.25, -0.2) is 13.8 Å². The third-order valence-electron chi connectivity index (χ3n) is 5.45. The number of halogens is 2. The van der Waals surface area contributed by atoms with Crippen LogP contribution in [0.5, 0.6) is 0 Å². The third-order valence-corrected chi connectivity index (χ3v) is 5.45. The summed E-state index contributed by atoms with van der Waals surface area (Å²) in [5.74, 6) is -3.34. The first-order chi connectivity index (χ1) is 15.3. The van der Waals surface area contributed by atoms with E-state index in [0.717, 1.165) is 11.6 Å². The lowest BCUT2D eigenvalue weighted by atomic mass is 9.81. The molecule has 0 aliphatic heterocycles. The fraction of sp³-hybridized carbons (Fsp3) is 0.217. The zero-order chi connectivity index (χ0) is 23.0. The van der Waals surface area contributed by atoms with Gasteiger partial charge < -0.3 is 29.7 Å². The molecule has 0 spiro atoms. The van der Waals surface area contributed by atoms with Gasteiger partial charge in [0.25, 0.3) is 0 Å². The molecule has 1 aliphatic carbocycles. The molecule has 166 valence electrons. The number of para-hydroxylation sites is 1. The van der Waals surface area contributed by atoms with Crippen molar-refractivity contribution < 1.29 is 27.5 Å². The van der Waals surface area contributed by atoms with Gasteiger partial charge in [0.15, 0.2) is 22.9 Å². The lowest BCUT2D eigenvalue weighted by Gasteiger charge is -2.32. The molecule has 2 unspecified atom stereocenters. The van der Waals surface area contributed by atoms with Crippen LogP contribution in [0.15, 0.2) is 64.4 Å². The molecule has 9 heteroatoms. The summed E-state index contributed by atoms with van der Waals surface area (Å²) in [5.41, 5.74) is 5.75. The number of nitrogens with zero attached hydrogens (tertiary/aromatic N) is 1. The molecule has 1 aliphatic rings. The highest BCUT2D eigenvalue weighted by molar-refractivity contribution is 5.83. The molecule has 0 fully saturated rings. The number of aldehydes is 1. The van der Waals surface area contributed by atoms with Crippen LogP contribution >= 0.6 is 0 Å². The molecule has 4 rings (SSSR count). The Hall–Kier alpha value is -3.88. The van der Waals surface area contributed by atoms with Crippen LogP contribution in [0.2, 0.25) is 0 Å². The van der Waals surface area contributed by atoms with E-state index in [2.05, 4.69) is 10.3 Å². The number of anilines is 3. The molecule has 32 heavy (non-hydrogen) atoms. The van der Waals surface area contributed by atoms with E-state index < -0.39 is 17.4 Å². The van der Waals surface area contributed by atoms with E-state index in [-0.39, 0.29) is 29.1 Å².